The van der Waals surface area contributed by atoms with Crippen LogP contribution in [0.25, 0.3) is 0 Å². The molecule has 1 heterocycles. The van der Waals surface area contributed by atoms with Crippen LogP contribution in [-0.4, -0.2) is 20.1 Å². The molecule has 2 rings (SSSR count). The van der Waals surface area contributed by atoms with Gasteiger partial charge in [0.05, 0.1) is 16.8 Å². The highest BCUT2D eigenvalue weighted by Gasteiger charge is 2.22. The highest BCUT2D eigenvalue weighted by molar-refractivity contribution is 7.89. The Bertz CT molecular complexity index is 766. The number of halogens is 1. The quantitative estimate of drug-likeness (QED) is 0.872. The molecule has 0 aliphatic heterocycles. The Morgan fingerprint density at radius 3 is 2.76 bits per heavy atom. The normalized spacial score (nSPS) is 12.8. The summed E-state index contributed by atoms with van der Waals surface area (Å²) in [6.45, 7) is -0.284. The van der Waals surface area contributed by atoms with E-state index < -0.39 is 16.1 Å². The zero-order valence-electron chi connectivity index (χ0n) is 10.7. The SMILES string of the molecule is N#Cc1c(Cl)cccc1S(=O)(=O)NCC(O)c1ccco1. The van der Waals surface area contributed by atoms with Gasteiger partial charge in [0, 0.05) is 6.54 Å². The smallest absolute Gasteiger partial charge is 0.242 e. The Kier molecular flexibility index (Phi) is 4.65. The van der Waals surface area contributed by atoms with E-state index in [-0.39, 0.29) is 27.8 Å². The molecular weight excluding hydrogens is 316 g/mol. The molecule has 1 aromatic heterocycles. The van der Waals surface area contributed by atoms with E-state index in [1.807, 2.05) is 0 Å². The summed E-state index contributed by atoms with van der Waals surface area (Å²) in [6.07, 6.45) is 0.247. The Hall–Kier alpha value is -1.85. The third kappa shape index (κ3) is 3.43. The summed E-state index contributed by atoms with van der Waals surface area (Å²) >= 11 is 5.80. The fourth-order valence-corrected chi connectivity index (χ4v) is 3.17. The molecule has 8 heteroatoms. The molecule has 0 bridgehead atoms. The van der Waals surface area contributed by atoms with Gasteiger partial charge in [-0.3, -0.25) is 0 Å². The molecule has 2 aromatic rings. The summed E-state index contributed by atoms with van der Waals surface area (Å²) in [7, 11) is -3.97. The maximum Gasteiger partial charge on any atom is 0.242 e. The Morgan fingerprint density at radius 2 is 2.14 bits per heavy atom. The Labute approximate surface area is 126 Å². The second-order valence-electron chi connectivity index (χ2n) is 4.11. The first kappa shape index (κ1) is 15.5. The molecule has 0 radical (unpaired) electrons. The van der Waals surface area contributed by atoms with Gasteiger partial charge in [0.25, 0.3) is 0 Å². The van der Waals surface area contributed by atoms with Crippen LogP contribution in [0.5, 0.6) is 0 Å². The van der Waals surface area contributed by atoms with Crippen LogP contribution in [0.2, 0.25) is 5.02 Å². The van der Waals surface area contributed by atoms with Crippen LogP contribution in [0.3, 0.4) is 0 Å². The van der Waals surface area contributed by atoms with Crippen molar-refractivity contribution in [3.63, 3.8) is 0 Å². The standard InChI is InChI=1S/C13H11ClN2O4S/c14-10-3-1-5-13(9(10)7-15)21(18,19)16-8-11(17)12-4-2-6-20-12/h1-6,11,16-17H,8H2. The number of sulfonamides is 1. The fraction of sp³-hybridized carbons (Fsp3) is 0.154. The number of hydrogen-bond acceptors (Lipinski definition) is 5. The molecule has 0 aliphatic carbocycles. The number of aliphatic hydroxyl groups excluding tert-OH is 1. The average Bonchev–Trinajstić information content (AvgIpc) is 2.99. The summed E-state index contributed by atoms with van der Waals surface area (Å²) in [5.74, 6) is 0.240. The summed E-state index contributed by atoms with van der Waals surface area (Å²) in [4.78, 5) is -0.232. The topological polar surface area (TPSA) is 103 Å². The van der Waals surface area contributed by atoms with E-state index in [0.29, 0.717) is 0 Å². The van der Waals surface area contributed by atoms with Crippen molar-refractivity contribution in [2.45, 2.75) is 11.0 Å². The van der Waals surface area contributed by atoms with E-state index in [4.69, 9.17) is 21.3 Å². The first-order chi connectivity index (χ1) is 9.95. The monoisotopic (exact) mass is 326 g/mol. The van der Waals surface area contributed by atoms with E-state index in [1.165, 1.54) is 30.5 Å². The van der Waals surface area contributed by atoms with Crippen molar-refractivity contribution >= 4 is 21.6 Å². The van der Waals surface area contributed by atoms with Crippen molar-refractivity contribution in [1.29, 1.82) is 5.26 Å². The lowest BCUT2D eigenvalue weighted by atomic mass is 10.2. The number of nitriles is 1. The molecule has 1 unspecified atom stereocenters. The Morgan fingerprint density at radius 1 is 1.38 bits per heavy atom. The lowest BCUT2D eigenvalue weighted by Gasteiger charge is -2.11. The van der Waals surface area contributed by atoms with Crippen LogP contribution < -0.4 is 4.72 Å². The third-order valence-electron chi connectivity index (χ3n) is 2.72. The summed E-state index contributed by atoms with van der Waals surface area (Å²) < 4.78 is 31.5. The lowest BCUT2D eigenvalue weighted by Crippen LogP contribution is -2.29. The van der Waals surface area contributed by atoms with Gasteiger partial charge in [-0.1, -0.05) is 17.7 Å². The molecule has 2 N–H and O–H groups in total. The van der Waals surface area contributed by atoms with Crippen molar-refractivity contribution in [3.8, 4) is 6.07 Å². The van der Waals surface area contributed by atoms with Crippen LogP contribution in [0.1, 0.15) is 17.4 Å². The van der Waals surface area contributed by atoms with E-state index in [9.17, 15) is 13.5 Å². The van der Waals surface area contributed by atoms with Gasteiger partial charge in [-0.25, -0.2) is 13.1 Å². The second-order valence-corrected chi connectivity index (χ2v) is 6.25. The summed E-state index contributed by atoms with van der Waals surface area (Å²) in [5, 5.41) is 18.8. The molecule has 1 atom stereocenters. The van der Waals surface area contributed by atoms with Gasteiger partial charge in [0.1, 0.15) is 22.8 Å². The highest BCUT2D eigenvalue weighted by atomic mass is 35.5. The zero-order chi connectivity index (χ0) is 15.5. The maximum absolute atomic E-state index is 12.2. The molecule has 0 aliphatic rings. The number of hydrogen-bond donors (Lipinski definition) is 2. The number of rotatable bonds is 5. The van der Waals surface area contributed by atoms with Crippen LogP contribution in [0.15, 0.2) is 45.9 Å². The van der Waals surface area contributed by atoms with Crippen LogP contribution >= 0.6 is 11.6 Å². The predicted molar refractivity (Wildman–Crippen MR) is 75.0 cm³/mol. The Balaban J connectivity index is 2.20. The molecule has 6 nitrogen and oxygen atoms in total. The summed E-state index contributed by atoms with van der Waals surface area (Å²) in [6, 6.07) is 8.99. The molecule has 1 aromatic carbocycles. The highest BCUT2D eigenvalue weighted by Crippen LogP contribution is 2.23. The van der Waals surface area contributed by atoms with Gasteiger partial charge < -0.3 is 9.52 Å². The van der Waals surface area contributed by atoms with Crippen molar-refractivity contribution in [2.24, 2.45) is 0 Å². The molecule has 0 saturated carbocycles. The van der Waals surface area contributed by atoms with Gasteiger partial charge >= 0.3 is 0 Å². The minimum absolute atomic E-state index is 0.0481. The van der Waals surface area contributed by atoms with Crippen molar-refractivity contribution in [3.05, 3.63) is 52.9 Å². The molecule has 0 fully saturated rings. The van der Waals surface area contributed by atoms with Crippen molar-refractivity contribution < 1.29 is 17.9 Å². The number of nitrogens with zero attached hydrogens (tertiary/aromatic N) is 1. The zero-order valence-corrected chi connectivity index (χ0v) is 12.2. The van der Waals surface area contributed by atoms with Crippen molar-refractivity contribution in [1.82, 2.24) is 4.72 Å². The number of furan rings is 1. The fourth-order valence-electron chi connectivity index (χ4n) is 1.68. The minimum Gasteiger partial charge on any atom is -0.467 e. The first-order valence-electron chi connectivity index (χ1n) is 5.85. The summed E-state index contributed by atoms with van der Waals surface area (Å²) in [5.41, 5.74) is -0.140. The molecular formula is C13H11ClN2O4S. The average molecular weight is 327 g/mol. The van der Waals surface area contributed by atoms with Crippen LogP contribution in [-0.2, 0) is 10.0 Å². The lowest BCUT2D eigenvalue weighted by molar-refractivity contribution is 0.154. The van der Waals surface area contributed by atoms with Gasteiger partial charge in [0.2, 0.25) is 10.0 Å². The maximum atomic E-state index is 12.2. The van der Waals surface area contributed by atoms with Gasteiger partial charge in [-0.15, -0.1) is 0 Å². The minimum atomic E-state index is -3.97. The molecule has 110 valence electrons. The third-order valence-corrected chi connectivity index (χ3v) is 4.50. The number of benzene rings is 1. The second kappa shape index (κ2) is 6.28. The van der Waals surface area contributed by atoms with E-state index in [1.54, 1.807) is 12.1 Å². The number of nitrogens with one attached hydrogen (secondary N) is 1. The molecule has 21 heavy (non-hydrogen) atoms. The van der Waals surface area contributed by atoms with Crippen LogP contribution in [0.4, 0.5) is 0 Å². The van der Waals surface area contributed by atoms with E-state index >= 15 is 0 Å². The largest absolute Gasteiger partial charge is 0.467 e. The van der Waals surface area contributed by atoms with Crippen molar-refractivity contribution in [2.75, 3.05) is 6.54 Å². The van der Waals surface area contributed by atoms with Gasteiger partial charge in [0.15, 0.2) is 0 Å². The van der Waals surface area contributed by atoms with Crippen LogP contribution in [0, 0.1) is 11.3 Å². The van der Waals surface area contributed by atoms with Gasteiger partial charge in [-0.2, -0.15) is 5.26 Å². The molecule has 0 spiro atoms. The first-order valence-corrected chi connectivity index (χ1v) is 7.71. The van der Waals surface area contributed by atoms with Gasteiger partial charge in [-0.05, 0) is 24.3 Å². The number of aliphatic hydroxyl groups is 1. The van der Waals surface area contributed by atoms with E-state index in [2.05, 4.69) is 4.72 Å². The molecule has 0 amide bonds. The predicted octanol–water partition coefficient (Wildman–Crippen LogP) is 1.82. The molecule has 0 saturated heterocycles. The van der Waals surface area contributed by atoms with E-state index in [0.717, 1.165) is 0 Å².